The lowest BCUT2D eigenvalue weighted by Crippen LogP contribution is -2.56. The van der Waals surface area contributed by atoms with Crippen LogP contribution in [0.2, 0.25) is 0 Å². The van der Waals surface area contributed by atoms with E-state index in [0.29, 0.717) is 49.1 Å². The van der Waals surface area contributed by atoms with Crippen LogP contribution in [0.15, 0.2) is 0 Å². The predicted octanol–water partition coefficient (Wildman–Crippen LogP) is 3.49. The molecule has 4 aliphatic carbocycles. The van der Waals surface area contributed by atoms with Crippen LogP contribution in [0.1, 0.15) is 65.2 Å². The number of fused-ring (bicyclic) bond motifs is 6. The van der Waals surface area contributed by atoms with Crippen molar-refractivity contribution in [2.24, 2.45) is 35.0 Å². The topological polar surface area (TPSA) is 61.8 Å². The summed E-state index contributed by atoms with van der Waals surface area (Å²) in [5.41, 5.74) is 0.0483. The van der Waals surface area contributed by atoms with Crippen molar-refractivity contribution >= 4 is 11.8 Å². The second kappa shape index (κ2) is 6.28. The van der Waals surface area contributed by atoms with Crippen molar-refractivity contribution in [3.8, 4) is 0 Å². The Morgan fingerprint density at radius 2 is 1.81 bits per heavy atom. The highest BCUT2D eigenvalue weighted by Gasteiger charge is 2.66. The van der Waals surface area contributed by atoms with Crippen LogP contribution < -0.4 is 0 Å². The van der Waals surface area contributed by atoms with E-state index in [0.717, 1.165) is 38.5 Å². The van der Waals surface area contributed by atoms with Gasteiger partial charge in [0.25, 0.3) is 0 Å². The van der Waals surface area contributed by atoms with E-state index in [4.69, 9.17) is 14.2 Å². The van der Waals surface area contributed by atoms with E-state index in [-0.39, 0.29) is 23.4 Å². The van der Waals surface area contributed by atoms with Crippen molar-refractivity contribution < 1.29 is 23.8 Å². The van der Waals surface area contributed by atoms with Crippen LogP contribution in [-0.4, -0.2) is 36.9 Å². The molecule has 4 saturated carbocycles. The van der Waals surface area contributed by atoms with Crippen molar-refractivity contribution in [1.82, 2.24) is 0 Å². The summed E-state index contributed by atoms with van der Waals surface area (Å²) in [7, 11) is 0. The summed E-state index contributed by atoms with van der Waals surface area (Å²) < 4.78 is 17.8. The third-order valence-corrected chi connectivity index (χ3v) is 8.88. The van der Waals surface area contributed by atoms with Crippen LogP contribution in [0.3, 0.4) is 0 Å². The summed E-state index contributed by atoms with van der Waals surface area (Å²) >= 11 is 0. The fraction of sp³-hybridized carbons (Fsp3) is 0.909. The van der Waals surface area contributed by atoms with Crippen LogP contribution in [0, 0.1) is 35.0 Å². The molecule has 0 aromatic heterocycles. The zero-order valence-corrected chi connectivity index (χ0v) is 16.6. The second-order valence-electron chi connectivity index (χ2n) is 9.86. The molecule has 5 fully saturated rings. The molecule has 0 amide bonds. The van der Waals surface area contributed by atoms with E-state index < -0.39 is 5.79 Å². The molecule has 1 aliphatic heterocycles. The van der Waals surface area contributed by atoms with Crippen molar-refractivity contribution in [2.75, 3.05) is 13.2 Å². The van der Waals surface area contributed by atoms with Crippen molar-refractivity contribution in [3.63, 3.8) is 0 Å². The second-order valence-corrected chi connectivity index (χ2v) is 9.86. The van der Waals surface area contributed by atoms with Crippen LogP contribution in [0.25, 0.3) is 0 Å². The summed E-state index contributed by atoms with van der Waals surface area (Å²) in [6, 6.07) is 0. The Morgan fingerprint density at radius 1 is 1.04 bits per heavy atom. The minimum Gasteiger partial charge on any atom is -0.463 e. The number of carbonyl (C=O) groups is 2. The molecular formula is C22H32O5. The standard InChI is InChI=1S/C22H32O5/c1-13(23)27-14-3-4-15-16-5-7-21(2)19(6-8-22(21)25-9-10-26-22)17(16)12-20(24)18(15)11-14/h14-19H,3-12H2,1-2H3. The highest BCUT2D eigenvalue weighted by Crippen LogP contribution is 2.66. The Balaban J connectivity index is 1.37. The van der Waals surface area contributed by atoms with E-state index in [9.17, 15) is 9.59 Å². The van der Waals surface area contributed by atoms with Crippen molar-refractivity contribution in [2.45, 2.75) is 77.1 Å². The lowest BCUT2D eigenvalue weighted by Gasteiger charge is -2.56. The Kier molecular flexibility index (Phi) is 4.21. The molecule has 0 radical (unpaired) electrons. The number of Topliss-reactive ketones (excluding diaryl/α,β-unsaturated/α-hetero) is 1. The molecule has 150 valence electrons. The molecular weight excluding hydrogens is 344 g/mol. The Labute approximate surface area is 161 Å². The third-order valence-electron chi connectivity index (χ3n) is 8.88. The lowest BCUT2D eigenvalue weighted by atomic mass is 9.49. The van der Waals surface area contributed by atoms with Gasteiger partial charge in [0.2, 0.25) is 0 Å². The molecule has 0 aromatic rings. The predicted molar refractivity (Wildman–Crippen MR) is 97.7 cm³/mol. The molecule has 1 heterocycles. The average Bonchev–Trinajstić information content (AvgIpc) is 3.22. The quantitative estimate of drug-likeness (QED) is 0.656. The summed E-state index contributed by atoms with van der Waals surface area (Å²) in [5, 5.41) is 0. The van der Waals surface area contributed by atoms with Gasteiger partial charge in [-0.15, -0.1) is 0 Å². The molecule has 5 rings (SSSR count). The zero-order chi connectivity index (χ0) is 18.8. The number of hydrogen-bond acceptors (Lipinski definition) is 5. The summed E-state index contributed by atoms with van der Waals surface area (Å²) in [5.74, 6) is 2.03. The number of ether oxygens (including phenoxy) is 3. The number of carbonyl (C=O) groups excluding carboxylic acids is 2. The van der Waals surface area contributed by atoms with Gasteiger partial charge in [-0.1, -0.05) is 6.92 Å². The Hall–Kier alpha value is -0.940. The van der Waals surface area contributed by atoms with E-state index in [1.165, 1.54) is 13.3 Å². The molecule has 0 aromatic carbocycles. The first-order valence-corrected chi connectivity index (χ1v) is 10.9. The van der Waals surface area contributed by atoms with Gasteiger partial charge >= 0.3 is 5.97 Å². The molecule has 1 spiro atoms. The fourth-order valence-electron chi connectivity index (χ4n) is 7.79. The van der Waals surface area contributed by atoms with Crippen LogP contribution in [-0.2, 0) is 23.8 Å². The average molecular weight is 376 g/mol. The van der Waals surface area contributed by atoms with Crippen LogP contribution >= 0.6 is 0 Å². The van der Waals surface area contributed by atoms with Crippen molar-refractivity contribution in [3.05, 3.63) is 0 Å². The van der Waals surface area contributed by atoms with Gasteiger partial charge in [0.05, 0.1) is 13.2 Å². The highest BCUT2D eigenvalue weighted by atomic mass is 16.7. The Morgan fingerprint density at radius 3 is 2.56 bits per heavy atom. The molecule has 5 heteroatoms. The highest BCUT2D eigenvalue weighted by molar-refractivity contribution is 5.83. The molecule has 5 aliphatic rings. The lowest BCUT2D eigenvalue weighted by molar-refractivity contribution is -0.242. The molecule has 1 saturated heterocycles. The molecule has 0 N–H and O–H groups in total. The number of esters is 1. The van der Waals surface area contributed by atoms with Gasteiger partial charge in [0.15, 0.2) is 5.79 Å². The van der Waals surface area contributed by atoms with Gasteiger partial charge in [0.1, 0.15) is 11.9 Å². The monoisotopic (exact) mass is 376 g/mol. The fourth-order valence-corrected chi connectivity index (χ4v) is 7.79. The first kappa shape index (κ1) is 18.1. The van der Waals surface area contributed by atoms with Gasteiger partial charge < -0.3 is 14.2 Å². The molecule has 7 unspecified atom stereocenters. The number of rotatable bonds is 1. The third kappa shape index (κ3) is 2.57. The smallest absolute Gasteiger partial charge is 0.302 e. The molecule has 7 atom stereocenters. The van der Waals surface area contributed by atoms with Crippen LogP contribution in [0.4, 0.5) is 0 Å². The molecule has 5 nitrogen and oxygen atoms in total. The zero-order valence-electron chi connectivity index (χ0n) is 16.6. The number of hydrogen-bond donors (Lipinski definition) is 0. The number of ketones is 1. The van der Waals surface area contributed by atoms with Gasteiger partial charge in [-0.25, -0.2) is 0 Å². The minimum atomic E-state index is -0.393. The van der Waals surface area contributed by atoms with E-state index in [1.807, 2.05) is 0 Å². The minimum absolute atomic E-state index is 0.0483. The maximum atomic E-state index is 13.1. The van der Waals surface area contributed by atoms with Gasteiger partial charge in [-0.05, 0) is 62.2 Å². The SMILES string of the molecule is CC(=O)OC1CCC2C(C1)C(=O)CC1C2CCC2(C)C1CCC21OCCO1. The molecule has 27 heavy (non-hydrogen) atoms. The summed E-state index contributed by atoms with van der Waals surface area (Å²) in [4.78, 5) is 24.5. The van der Waals surface area contributed by atoms with Gasteiger partial charge in [-0.3, -0.25) is 9.59 Å². The largest absolute Gasteiger partial charge is 0.463 e. The van der Waals surface area contributed by atoms with E-state index in [2.05, 4.69) is 6.92 Å². The maximum Gasteiger partial charge on any atom is 0.302 e. The first-order chi connectivity index (χ1) is 12.9. The van der Waals surface area contributed by atoms with Crippen molar-refractivity contribution in [1.29, 1.82) is 0 Å². The van der Waals surface area contributed by atoms with E-state index in [1.54, 1.807) is 0 Å². The summed E-state index contributed by atoms with van der Waals surface area (Å²) in [6.45, 7) is 5.24. The Bertz CT molecular complexity index is 639. The van der Waals surface area contributed by atoms with Gasteiger partial charge in [-0.2, -0.15) is 0 Å². The van der Waals surface area contributed by atoms with Gasteiger partial charge in [0, 0.05) is 31.1 Å². The maximum absolute atomic E-state index is 13.1. The summed E-state index contributed by atoms with van der Waals surface area (Å²) in [6.07, 6.45) is 7.74. The normalized spacial score (nSPS) is 48.0. The molecule has 0 bridgehead atoms. The van der Waals surface area contributed by atoms with E-state index >= 15 is 0 Å². The first-order valence-electron chi connectivity index (χ1n) is 10.9. The van der Waals surface area contributed by atoms with Crippen LogP contribution in [0.5, 0.6) is 0 Å².